The summed E-state index contributed by atoms with van der Waals surface area (Å²) in [4.78, 5) is 10.9. The molecule has 0 aliphatic carbocycles. The smallest absolute Gasteiger partial charge is 0.325 e. The molecule has 0 spiro atoms. The van der Waals surface area contributed by atoms with Crippen LogP contribution < -0.4 is 10.5 Å². The zero-order valence-corrected chi connectivity index (χ0v) is 9.56. The molecule has 0 aliphatic heterocycles. The number of nitrogens with two attached hydrogens (primary N) is 1. The molecule has 1 atom stereocenters. The van der Waals surface area contributed by atoms with Crippen molar-refractivity contribution >= 4 is 16.9 Å². The molecule has 5 heteroatoms. The minimum absolute atomic E-state index is 0.488. The zero-order chi connectivity index (χ0) is 12.6. The number of ether oxygens (including phenoxy) is 1. The van der Waals surface area contributed by atoms with E-state index in [-0.39, 0.29) is 0 Å². The van der Waals surface area contributed by atoms with Gasteiger partial charge in [0.25, 0.3) is 0 Å². The molecule has 1 heterocycles. The summed E-state index contributed by atoms with van der Waals surface area (Å²) in [5.74, 6) is 0.147. The second-order valence-electron chi connectivity index (χ2n) is 3.81. The Balaban J connectivity index is 2.63. The van der Waals surface area contributed by atoms with Crippen LogP contribution in [0.25, 0.3) is 11.0 Å². The Morgan fingerprint density at radius 2 is 2.18 bits per heavy atom. The van der Waals surface area contributed by atoms with Crippen molar-refractivity contribution in [2.45, 2.75) is 13.0 Å². The highest BCUT2D eigenvalue weighted by Crippen LogP contribution is 2.31. The molecule has 2 aromatic rings. The van der Waals surface area contributed by atoms with Crippen LogP contribution in [-0.4, -0.2) is 18.2 Å². The number of methoxy groups -OCH3 is 1. The lowest BCUT2D eigenvalue weighted by Gasteiger charge is -2.09. The summed E-state index contributed by atoms with van der Waals surface area (Å²) in [7, 11) is 1.50. The lowest BCUT2D eigenvalue weighted by atomic mass is 10.1. The van der Waals surface area contributed by atoms with Crippen molar-refractivity contribution in [3.05, 3.63) is 29.5 Å². The van der Waals surface area contributed by atoms with Crippen molar-refractivity contribution < 1.29 is 19.1 Å². The van der Waals surface area contributed by atoms with Gasteiger partial charge in [0.05, 0.1) is 7.11 Å². The fourth-order valence-electron chi connectivity index (χ4n) is 1.75. The topological polar surface area (TPSA) is 85.7 Å². The Labute approximate surface area is 97.8 Å². The molecule has 0 amide bonds. The van der Waals surface area contributed by atoms with Crippen LogP contribution in [0.3, 0.4) is 0 Å². The van der Waals surface area contributed by atoms with Crippen LogP contribution in [0.5, 0.6) is 5.75 Å². The van der Waals surface area contributed by atoms with Crippen molar-refractivity contribution in [1.29, 1.82) is 0 Å². The second-order valence-corrected chi connectivity index (χ2v) is 3.81. The summed E-state index contributed by atoms with van der Waals surface area (Å²) < 4.78 is 10.6. The summed E-state index contributed by atoms with van der Waals surface area (Å²) in [6.45, 7) is 1.82. The van der Waals surface area contributed by atoms with E-state index in [1.54, 1.807) is 12.1 Å². The first-order valence-corrected chi connectivity index (χ1v) is 5.09. The molecule has 0 aliphatic rings. The summed E-state index contributed by atoms with van der Waals surface area (Å²) >= 11 is 0. The average molecular weight is 235 g/mol. The van der Waals surface area contributed by atoms with Gasteiger partial charge in [-0.1, -0.05) is 0 Å². The van der Waals surface area contributed by atoms with Gasteiger partial charge >= 0.3 is 5.97 Å². The summed E-state index contributed by atoms with van der Waals surface area (Å²) in [5, 5.41) is 9.67. The number of benzene rings is 1. The number of rotatable bonds is 3. The lowest BCUT2D eigenvalue weighted by Crippen LogP contribution is -2.20. The van der Waals surface area contributed by atoms with Crippen molar-refractivity contribution in [3.63, 3.8) is 0 Å². The minimum Gasteiger partial charge on any atom is -0.493 e. The highest BCUT2D eigenvalue weighted by molar-refractivity contribution is 5.86. The molecule has 0 fully saturated rings. The Morgan fingerprint density at radius 3 is 2.76 bits per heavy atom. The minimum atomic E-state index is -1.08. The third kappa shape index (κ3) is 1.97. The number of fused-ring (bicyclic) bond motifs is 1. The van der Waals surface area contributed by atoms with E-state index < -0.39 is 12.0 Å². The van der Waals surface area contributed by atoms with Crippen molar-refractivity contribution in [2.75, 3.05) is 7.11 Å². The number of furan rings is 1. The van der Waals surface area contributed by atoms with Gasteiger partial charge in [-0.2, -0.15) is 0 Å². The van der Waals surface area contributed by atoms with Gasteiger partial charge in [-0.05, 0) is 30.7 Å². The standard InChI is InChI=1S/C12H13NO4/c1-6-3-8-4-7(10(13)12(14)15)5-9(16-2)11(8)17-6/h3-5,10H,13H2,1-2H3,(H,14,15). The third-order valence-corrected chi connectivity index (χ3v) is 2.57. The van der Waals surface area contributed by atoms with E-state index in [9.17, 15) is 4.79 Å². The van der Waals surface area contributed by atoms with Gasteiger partial charge in [-0.15, -0.1) is 0 Å². The van der Waals surface area contributed by atoms with Gasteiger partial charge in [0.15, 0.2) is 11.3 Å². The highest BCUT2D eigenvalue weighted by atomic mass is 16.5. The normalized spacial score (nSPS) is 12.6. The number of hydrogen-bond donors (Lipinski definition) is 2. The maximum absolute atomic E-state index is 10.9. The van der Waals surface area contributed by atoms with Crippen molar-refractivity contribution in [2.24, 2.45) is 5.73 Å². The van der Waals surface area contributed by atoms with E-state index >= 15 is 0 Å². The lowest BCUT2D eigenvalue weighted by molar-refractivity contribution is -0.138. The molecule has 3 N–H and O–H groups in total. The Kier molecular flexibility index (Phi) is 2.77. The first-order valence-electron chi connectivity index (χ1n) is 5.09. The Morgan fingerprint density at radius 1 is 1.47 bits per heavy atom. The van der Waals surface area contributed by atoms with E-state index in [1.807, 2.05) is 13.0 Å². The summed E-state index contributed by atoms with van der Waals surface area (Å²) in [6, 6.07) is 4.04. The van der Waals surface area contributed by atoms with E-state index in [2.05, 4.69) is 0 Å². The first-order chi connectivity index (χ1) is 8.02. The van der Waals surface area contributed by atoms with Gasteiger partial charge < -0.3 is 20.0 Å². The molecule has 17 heavy (non-hydrogen) atoms. The highest BCUT2D eigenvalue weighted by Gasteiger charge is 2.18. The number of carbonyl (C=O) groups is 1. The molecule has 1 unspecified atom stereocenters. The van der Waals surface area contributed by atoms with Gasteiger partial charge in [0.2, 0.25) is 0 Å². The third-order valence-electron chi connectivity index (χ3n) is 2.57. The largest absolute Gasteiger partial charge is 0.493 e. The summed E-state index contributed by atoms with van der Waals surface area (Å²) in [6.07, 6.45) is 0. The molecular formula is C12H13NO4. The Bertz CT molecular complexity index is 573. The predicted octanol–water partition coefficient (Wildman–Crippen LogP) is 1.83. The Hall–Kier alpha value is -2.01. The van der Waals surface area contributed by atoms with E-state index in [0.29, 0.717) is 16.9 Å². The van der Waals surface area contributed by atoms with E-state index in [4.69, 9.17) is 20.0 Å². The van der Waals surface area contributed by atoms with Gasteiger partial charge in [-0.3, -0.25) is 4.79 Å². The molecule has 0 saturated carbocycles. The number of aliphatic carboxylic acids is 1. The van der Waals surface area contributed by atoms with Crippen LogP contribution in [-0.2, 0) is 4.79 Å². The molecule has 5 nitrogen and oxygen atoms in total. The van der Waals surface area contributed by atoms with Crippen LogP contribution >= 0.6 is 0 Å². The molecular weight excluding hydrogens is 222 g/mol. The van der Waals surface area contributed by atoms with Gasteiger partial charge in [0.1, 0.15) is 11.8 Å². The van der Waals surface area contributed by atoms with Gasteiger partial charge in [0, 0.05) is 5.39 Å². The number of aryl methyl sites for hydroxylation is 1. The molecule has 0 bridgehead atoms. The average Bonchev–Trinajstić information content (AvgIpc) is 2.66. The van der Waals surface area contributed by atoms with Crippen molar-refractivity contribution in [3.8, 4) is 5.75 Å². The molecule has 1 aromatic heterocycles. The number of carboxylic acids is 1. The molecule has 0 radical (unpaired) electrons. The molecule has 90 valence electrons. The SMILES string of the molecule is COc1cc(C(N)C(=O)O)cc2cc(C)oc12. The van der Waals surface area contributed by atoms with Crippen LogP contribution in [0.15, 0.2) is 22.6 Å². The predicted molar refractivity (Wildman–Crippen MR) is 62.1 cm³/mol. The zero-order valence-electron chi connectivity index (χ0n) is 9.56. The van der Waals surface area contributed by atoms with Crippen LogP contribution in [0.2, 0.25) is 0 Å². The van der Waals surface area contributed by atoms with Gasteiger partial charge in [-0.25, -0.2) is 0 Å². The number of hydrogen-bond acceptors (Lipinski definition) is 4. The number of carboxylic acid groups (broad SMARTS) is 1. The summed E-state index contributed by atoms with van der Waals surface area (Å²) in [5.41, 5.74) is 6.67. The molecule has 2 rings (SSSR count). The van der Waals surface area contributed by atoms with E-state index in [0.717, 1.165) is 11.1 Å². The fraction of sp³-hybridized carbons (Fsp3) is 0.250. The maximum atomic E-state index is 10.9. The fourth-order valence-corrected chi connectivity index (χ4v) is 1.75. The molecule has 1 aromatic carbocycles. The van der Waals surface area contributed by atoms with Crippen LogP contribution in [0.1, 0.15) is 17.4 Å². The monoisotopic (exact) mass is 235 g/mol. The quantitative estimate of drug-likeness (QED) is 0.847. The van der Waals surface area contributed by atoms with Crippen molar-refractivity contribution in [1.82, 2.24) is 0 Å². The molecule has 0 saturated heterocycles. The first kappa shape index (κ1) is 11.5. The maximum Gasteiger partial charge on any atom is 0.325 e. The van der Waals surface area contributed by atoms with Crippen LogP contribution in [0.4, 0.5) is 0 Å². The van der Waals surface area contributed by atoms with Crippen LogP contribution in [0, 0.1) is 6.92 Å². The second kappa shape index (κ2) is 4.10. The van der Waals surface area contributed by atoms with E-state index in [1.165, 1.54) is 7.11 Å².